The van der Waals surface area contributed by atoms with Gasteiger partial charge in [0.2, 0.25) is 0 Å². The molecule has 0 spiro atoms. The third kappa shape index (κ3) is 3.21. The number of nitrogens with zero attached hydrogens (tertiary/aromatic N) is 2. The largest absolute Gasteiger partial charge is 0.497 e. The Bertz CT molecular complexity index is 1110. The molecule has 0 bridgehead atoms. The van der Waals surface area contributed by atoms with Crippen molar-refractivity contribution in [2.45, 2.75) is 45.1 Å². The molecule has 2 aromatic carbocycles. The topological polar surface area (TPSA) is 47.3 Å². The molecule has 1 saturated carbocycles. The summed E-state index contributed by atoms with van der Waals surface area (Å²) in [5.41, 5.74) is 4.92. The van der Waals surface area contributed by atoms with Gasteiger partial charge in [-0.05, 0) is 79.5 Å². The van der Waals surface area contributed by atoms with Crippen molar-refractivity contribution in [3.63, 3.8) is 0 Å². The molecular formula is C27H30N2O2. The molecule has 2 aliphatic rings. The van der Waals surface area contributed by atoms with Gasteiger partial charge >= 0.3 is 0 Å². The molecule has 0 aliphatic heterocycles. The van der Waals surface area contributed by atoms with Crippen LogP contribution >= 0.6 is 0 Å². The van der Waals surface area contributed by atoms with Crippen LogP contribution in [-0.4, -0.2) is 22.0 Å². The highest BCUT2D eigenvalue weighted by atomic mass is 16.5. The van der Waals surface area contributed by atoms with Crippen molar-refractivity contribution in [2.24, 2.45) is 11.3 Å². The van der Waals surface area contributed by atoms with E-state index in [1.807, 2.05) is 60.3 Å². The Morgan fingerprint density at radius 1 is 1.13 bits per heavy atom. The number of fused-ring (bicyclic) bond motifs is 2. The zero-order valence-electron chi connectivity index (χ0n) is 18.5. The number of hydrogen-bond acceptors (Lipinski definition) is 3. The van der Waals surface area contributed by atoms with E-state index < -0.39 is 5.60 Å². The predicted molar refractivity (Wildman–Crippen MR) is 123 cm³/mol. The molecule has 160 valence electrons. The first-order valence-electron chi connectivity index (χ1n) is 11.1. The maximum Gasteiger partial charge on any atom is 0.119 e. The summed E-state index contributed by atoms with van der Waals surface area (Å²) < 4.78 is 7.33. The lowest BCUT2D eigenvalue weighted by molar-refractivity contribution is -0.0659. The van der Waals surface area contributed by atoms with Gasteiger partial charge in [-0.3, -0.25) is 0 Å². The molecule has 1 aromatic heterocycles. The van der Waals surface area contributed by atoms with Gasteiger partial charge in [0.15, 0.2) is 0 Å². The van der Waals surface area contributed by atoms with Crippen LogP contribution in [0.25, 0.3) is 11.8 Å². The molecule has 0 saturated heterocycles. The lowest BCUT2D eigenvalue weighted by Crippen LogP contribution is -2.47. The van der Waals surface area contributed by atoms with E-state index in [9.17, 15) is 5.11 Å². The van der Waals surface area contributed by atoms with Gasteiger partial charge in [0.1, 0.15) is 5.75 Å². The van der Waals surface area contributed by atoms with Gasteiger partial charge in [-0.2, -0.15) is 5.10 Å². The Morgan fingerprint density at radius 2 is 1.87 bits per heavy atom. The summed E-state index contributed by atoms with van der Waals surface area (Å²) in [5.74, 6) is 0.994. The van der Waals surface area contributed by atoms with Crippen molar-refractivity contribution in [1.82, 2.24) is 9.78 Å². The monoisotopic (exact) mass is 414 g/mol. The first-order valence-corrected chi connectivity index (χ1v) is 11.1. The molecule has 3 aromatic rings. The number of allylic oxidation sites excluding steroid dienone is 1. The lowest BCUT2D eigenvalue weighted by atomic mass is 9.54. The van der Waals surface area contributed by atoms with Crippen LogP contribution in [0.2, 0.25) is 0 Å². The van der Waals surface area contributed by atoms with E-state index in [-0.39, 0.29) is 11.3 Å². The molecule has 3 atom stereocenters. The second-order valence-corrected chi connectivity index (χ2v) is 9.39. The Hall–Kier alpha value is -2.85. The number of hydrogen-bond donors (Lipinski definition) is 1. The summed E-state index contributed by atoms with van der Waals surface area (Å²) in [6, 6.07) is 18.2. The van der Waals surface area contributed by atoms with Crippen LogP contribution in [0, 0.1) is 11.3 Å². The average Bonchev–Trinajstić information content (AvgIpc) is 3.19. The van der Waals surface area contributed by atoms with Crippen LogP contribution in [-0.2, 0) is 12.0 Å². The van der Waals surface area contributed by atoms with Gasteiger partial charge in [0.05, 0.1) is 30.3 Å². The third-order valence-electron chi connectivity index (χ3n) is 7.55. The van der Waals surface area contributed by atoms with E-state index >= 15 is 0 Å². The van der Waals surface area contributed by atoms with Crippen molar-refractivity contribution >= 4 is 6.08 Å². The van der Waals surface area contributed by atoms with Crippen molar-refractivity contribution in [3.05, 3.63) is 83.2 Å². The minimum absolute atomic E-state index is 0.0850. The Balaban J connectivity index is 1.54. The number of aliphatic hydroxyl groups is 1. The minimum Gasteiger partial charge on any atom is -0.497 e. The highest BCUT2D eigenvalue weighted by molar-refractivity contribution is 5.61. The standard InChI is InChI=1S/C27H30N2O2/c1-26-17-19-18-28-29(22-12-14-23(31-3)15-13-22)24(19)16-21(26)10-7-11-25(26)27(2,30)20-8-5-4-6-9-20/h4-6,8-9,12-16,18,25,30H,7,10-11,17H2,1-3H3/t25-,26-,27-/m0/s1. The van der Waals surface area contributed by atoms with E-state index in [2.05, 4.69) is 25.1 Å². The van der Waals surface area contributed by atoms with E-state index in [4.69, 9.17) is 9.84 Å². The molecule has 0 amide bonds. The van der Waals surface area contributed by atoms with Crippen molar-refractivity contribution in [3.8, 4) is 11.4 Å². The minimum atomic E-state index is -0.876. The van der Waals surface area contributed by atoms with Gasteiger partial charge < -0.3 is 9.84 Å². The Morgan fingerprint density at radius 3 is 2.58 bits per heavy atom. The summed E-state index contributed by atoms with van der Waals surface area (Å²) in [6.07, 6.45) is 8.44. The summed E-state index contributed by atoms with van der Waals surface area (Å²) in [4.78, 5) is 0. The maximum absolute atomic E-state index is 11.7. The fraction of sp³-hybridized carbons (Fsp3) is 0.370. The molecule has 1 fully saturated rings. The van der Waals surface area contributed by atoms with Gasteiger partial charge in [-0.25, -0.2) is 4.68 Å². The van der Waals surface area contributed by atoms with Crippen LogP contribution < -0.4 is 4.74 Å². The number of aromatic nitrogens is 2. The molecule has 2 aliphatic carbocycles. The molecule has 5 rings (SSSR count). The SMILES string of the molecule is COc1ccc(-n2ncc3c2C=C2CCC[C@H]([C@@](C)(O)c4ccccc4)[C@@]2(C)C3)cc1. The Labute approximate surface area is 184 Å². The number of ether oxygens (including phenoxy) is 1. The fourth-order valence-electron chi connectivity index (χ4n) is 5.85. The second kappa shape index (κ2) is 7.38. The number of methoxy groups -OCH3 is 1. The number of rotatable bonds is 4. The van der Waals surface area contributed by atoms with E-state index in [0.29, 0.717) is 0 Å². The summed E-state index contributed by atoms with van der Waals surface area (Å²) in [7, 11) is 1.68. The molecular weight excluding hydrogens is 384 g/mol. The van der Waals surface area contributed by atoms with Crippen LogP contribution in [0.3, 0.4) is 0 Å². The lowest BCUT2D eigenvalue weighted by Gasteiger charge is -2.51. The molecule has 31 heavy (non-hydrogen) atoms. The Kier molecular flexibility index (Phi) is 4.78. The smallest absolute Gasteiger partial charge is 0.119 e. The fourth-order valence-corrected chi connectivity index (χ4v) is 5.85. The van der Waals surface area contributed by atoms with Crippen LogP contribution in [0.4, 0.5) is 0 Å². The predicted octanol–water partition coefficient (Wildman–Crippen LogP) is 5.53. The average molecular weight is 415 g/mol. The van der Waals surface area contributed by atoms with Gasteiger partial charge in [-0.1, -0.05) is 42.8 Å². The maximum atomic E-state index is 11.7. The van der Waals surface area contributed by atoms with Crippen molar-refractivity contribution in [1.29, 1.82) is 0 Å². The molecule has 0 unspecified atom stereocenters. The van der Waals surface area contributed by atoms with Crippen molar-refractivity contribution in [2.75, 3.05) is 7.11 Å². The molecule has 4 heteroatoms. The summed E-state index contributed by atoms with van der Waals surface area (Å²) >= 11 is 0. The molecule has 1 heterocycles. The normalized spacial score (nSPS) is 24.5. The van der Waals surface area contributed by atoms with Crippen LogP contribution in [0.5, 0.6) is 5.75 Å². The van der Waals surface area contributed by atoms with Gasteiger partial charge in [-0.15, -0.1) is 0 Å². The molecule has 4 nitrogen and oxygen atoms in total. The van der Waals surface area contributed by atoms with Crippen LogP contribution in [0.15, 0.2) is 66.4 Å². The first kappa shape index (κ1) is 20.1. The second-order valence-electron chi connectivity index (χ2n) is 9.39. The highest BCUT2D eigenvalue weighted by Gasteiger charge is 2.51. The first-order chi connectivity index (χ1) is 14.9. The number of benzene rings is 2. The third-order valence-corrected chi connectivity index (χ3v) is 7.55. The van der Waals surface area contributed by atoms with E-state index in [1.54, 1.807) is 7.11 Å². The van der Waals surface area contributed by atoms with Crippen LogP contribution in [0.1, 0.15) is 49.9 Å². The van der Waals surface area contributed by atoms with E-state index in [0.717, 1.165) is 48.4 Å². The quantitative estimate of drug-likeness (QED) is 0.610. The van der Waals surface area contributed by atoms with Gasteiger partial charge in [0.25, 0.3) is 0 Å². The molecule has 0 radical (unpaired) electrons. The summed E-state index contributed by atoms with van der Waals surface area (Å²) in [6.45, 7) is 4.34. The zero-order valence-corrected chi connectivity index (χ0v) is 18.5. The van der Waals surface area contributed by atoms with Gasteiger partial charge in [0, 0.05) is 5.92 Å². The zero-order chi connectivity index (χ0) is 21.6. The highest BCUT2D eigenvalue weighted by Crippen LogP contribution is 2.56. The molecule has 1 N–H and O–H groups in total. The summed E-state index contributed by atoms with van der Waals surface area (Å²) in [5, 5.41) is 16.5. The van der Waals surface area contributed by atoms with E-state index in [1.165, 1.54) is 11.1 Å². The van der Waals surface area contributed by atoms with Crippen molar-refractivity contribution < 1.29 is 9.84 Å².